The summed E-state index contributed by atoms with van der Waals surface area (Å²) in [5.74, 6) is -1.33. The molecule has 20 heavy (non-hydrogen) atoms. The minimum Gasteiger partial charge on any atom is -0.480 e. The quantitative estimate of drug-likeness (QED) is 0.837. The predicted molar refractivity (Wildman–Crippen MR) is 70.5 cm³/mol. The largest absolute Gasteiger partial charge is 0.480 e. The first kappa shape index (κ1) is 12.7. The molecule has 2 amide bonds. The number of anilines is 1. The fraction of sp³-hybridized carbons (Fsp3) is 0.357. The number of carboxylic acid groups (broad SMARTS) is 1. The van der Waals surface area contributed by atoms with Gasteiger partial charge < -0.3 is 15.3 Å². The van der Waals surface area contributed by atoms with E-state index in [1.165, 1.54) is 4.90 Å². The summed E-state index contributed by atoms with van der Waals surface area (Å²) in [4.78, 5) is 36.2. The highest BCUT2D eigenvalue weighted by Gasteiger charge is 2.34. The van der Waals surface area contributed by atoms with Crippen molar-refractivity contribution in [2.24, 2.45) is 0 Å². The Kier molecular flexibility index (Phi) is 2.93. The molecule has 0 aliphatic carbocycles. The van der Waals surface area contributed by atoms with Crippen molar-refractivity contribution in [3.8, 4) is 0 Å². The molecule has 104 valence electrons. The highest BCUT2D eigenvalue weighted by atomic mass is 16.4. The van der Waals surface area contributed by atoms with Crippen LogP contribution < -0.4 is 5.32 Å². The maximum atomic E-state index is 12.4. The zero-order chi connectivity index (χ0) is 14.3. The monoisotopic (exact) mass is 274 g/mol. The zero-order valence-corrected chi connectivity index (χ0v) is 10.8. The molecule has 2 heterocycles. The normalized spacial score (nSPS) is 20.7. The maximum absolute atomic E-state index is 12.4. The number of carboxylic acids is 1. The van der Waals surface area contributed by atoms with Crippen molar-refractivity contribution < 1.29 is 19.5 Å². The molecular formula is C14H14N2O4. The average molecular weight is 274 g/mol. The lowest BCUT2D eigenvalue weighted by atomic mass is 10.1. The van der Waals surface area contributed by atoms with Gasteiger partial charge >= 0.3 is 5.97 Å². The van der Waals surface area contributed by atoms with Gasteiger partial charge in [0.25, 0.3) is 5.91 Å². The van der Waals surface area contributed by atoms with E-state index in [1.807, 2.05) is 0 Å². The van der Waals surface area contributed by atoms with Crippen LogP contribution in [0.3, 0.4) is 0 Å². The Morgan fingerprint density at radius 3 is 2.90 bits per heavy atom. The van der Waals surface area contributed by atoms with Crippen molar-refractivity contribution in [3.63, 3.8) is 0 Å². The fourth-order valence-electron chi connectivity index (χ4n) is 2.79. The Labute approximate surface area is 115 Å². The van der Waals surface area contributed by atoms with E-state index in [2.05, 4.69) is 5.32 Å². The van der Waals surface area contributed by atoms with E-state index in [0.717, 1.165) is 11.3 Å². The third-order valence-corrected chi connectivity index (χ3v) is 3.78. The van der Waals surface area contributed by atoms with Crippen LogP contribution in [0.4, 0.5) is 5.69 Å². The maximum Gasteiger partial charge on any atom is 0.326 e. The van der Waals surface area contributed by atoms with Crippen LogP contribution in [0, 0.1) is 0 Å². The van der Waals surface area contributed by atoms with E-state index in [1.54, 1.807) is 18.2 Å². The molecule has 6 heteroatoms. The molecule has 0 bridgehead atoms. The summed E-state index contributed by atoms with van der Waals surface area (Å²) in [5, 5.41) is 11.8. The summed E-state index contributed by atoms with van der Waals surface area (Å²) in [5.41, 5.74) is 1.95. The SMILES string of the molecule is O=C1Cc2cc(C(=O)N3CCC[C@@H]3C(=O)O)ccc2N1. The summed E-state index contributed by atoms with van der Waals surface area (Å²) in [6.07, 6.45) is 1.46. The standard InChI is InChI=1S/C14H14N2O4/c17-12-7-9-6-8(3-4-10(9)15-12)13(18)16-5-1-2-11(16)14(19)20/h3-4,6,11H,1-2,5,7H2,(H,15,17)(H,19,20)/t11-/m1/s1. The molecule has 0 aromatic heterocycles. The molecule has 2 N–H and O–H groups in total. The number of aliphatic carboxylic acids is 1. The minimum atomic E-state index is -0.964. The van der Waals surface area contributed by atoms with Crippen LogP contribution in [-0.2, 0) is 16.0 Å². The molecule has 2 aliphatic heterocycles. The second-order valence-electron chi connectivity index (χ2n) is 5.09. The number of likely N-dealkylation sites (tertiary alicyclic amines) is 1. The lowest BCUT2D eigenvalue weighted by Gasteiger charge is -2.21. The van der Waals surface area contributed by atoms with Gasteiger partial charge in [-0.2, -0.15) is 0 Å². The summed E-state index contributed by atoms with van der Waals surface area (Å²) in [7, 11) is 0. The van der Waals surface area contributed by atoms with Gasteiger partial charge in [-0.25, -0.2) is 4.79 Å². The number of carbonyl (C=O) groups excluding carboxylic acids is 2. The molecule has 1 fully saturated rings. The van der Waals surface area contributed by atoms with Crippen molar-refractivity contribution in [1.29, 1.82) is 0 Å². The van der Waals surface area contributed by atoms with E-state index in [-0.39, 0.29) is 18.2 Å². The average Bonchev–Trinajstić information content (AvgIpc) is 3.01. The van der Waals surface area contributed by atoms with Crippen molar-refractivity contribution >= 4 is 23.5 Å². The van der Waals surface area contributed by atoms with Crippen LogP contribution >= 0.6 is 0 Å². The highest BCUT2D eigenvalue weighted by Crippen LogP contribution is 2.26. The Morgan fingerprint density at radius 1 is 1.35 bits per heavy atom. The smallest absolute Gasteiger partial charge is 0.326 e. The van der Waals surface area contributed by atoms with E-state index in [4.69, 9.17) is 5.11 Å². The van der Waals surface area contributed by atoms with Crippen LogP contribution in [0.25, 0.3) is 0 Å². The lowest BCUT2D eigenvalue weighted by Crippen LogP contribution is -2.40. The number of nitrogens with zero attached hydrogens (tertiary/aromatic N) is 1. The van der Waals surface area contributed by atoms with Crippen molar-refractivity contribution in [3.05, 3.63) is 29.3 Å². The van der Waals surface area contributed by atoms with E-state index < -0.39 is 12.0 Å². The Balaban J connectivity index is 1.86. The van der Waals surface area contributed by atoms with E-state index in [0.29, 0.717) is 24.9 Å². The Bertz CT molecular complexity index is 611. The summed E-state index contributed by atoms with van der Waals surface area (Å²) in [6, 6.07) is 4.26. The Hall–Kier alpha value is -2.37. The number of amides is 2. The molecule has 1 aromatic rings. The van der Waals surface area contributed by atoms with Gasteiger partial charge in [-0.3, -0.25) is 9.59 Å². The summed E-state index contributed by atoms with van der Waals surface area (Å²) in [6.45, 7) is 0.462. The first-order chi connectivity index (χ1) is 9.56. The summed E-state index contributed by atoms with van der Waals surface area (Å²) >= 11 is 0. The number of benzene rings is 1. The van der Waals surface area contributed by atoms with Gasteiger partial charge in [0, 0.05) is 17.8 Å². The third kappa shape index (κ3) is 2.03. The van der Waals surface area contributed by atoms with Gasteiger partial charge in [0.2, 0.25) is 5.91 Å². The number of carbonyl (C=O) groups is 3. The molecule has 1 aromatic carbocycles. The van der Waals surface area contributed by atoms with Crippen molar-refractivity contribution in [2.45, 2.75) is 25.3 Å². The number of hydrogen-bond donors (Lipinski definition) is 2. The number of rotatable bonds is 2. The van der Waals surface area contributed by atoms with Crippen LogP contribution in [0.1, 0.15) is 28.8 Å². The van der Waals surface area contributed by atoms with Crippen LogP contribution in [0.15, 0.2) is 18.2 Å². The lowest BCUT2D eigenvalue weighted by molar-refractivity contribution is -0.141. The minimum absolute atomic E-state index is 0.0887. The first-order valence-electron chi connectivity index (χ1n) is 6.53. The predicted octanol–water partition coefficient (Wildman–Crippen LogP) is 0.870. The van der Waals surface area contributed by atoms with Gasteiger partial charge in [-0.15, -0.1) is 0 Å². The van der Waals surface area contributed by atoms with E-state index >= 15 is 0 Å². The van der Waals surface area contributed by atoms with Gasteiger partial charge in [-0.1, -0.05) is 0 Å². The molecule has 0 saturated carbocycles. The number of hydrogen-bond acceptors (Lipinski definition) is 3. The third-order valence-electron chi connectivity index (χ3n) is 3.78. The van der Waals surface area contributed by atoms with Gasteiger partial charge in [0.05, 0.1) is 6.42 Å². The first-order valence-corrected chi connectivity index (χ1v) is 6.53. The van der Waals surface area contributed by atoms with Gasteiger partial charge in [0.15, 0.2) is 0 Å². The molecule has 3 rings (SSSR count). The topological polar surface area (TPSA) is 86.7 Å². The molecular weight excluding hydrogens is 260 g/mol. The van der Waals surface area contributed by atoms with E-state index in [9.17, 15) is 14.4 Å². The van der Waals surface area contributed by atoms with Crippen molar-refractivity contribution in [1.82, 2.24) is 4.90 Å². The molecule has 1 atom stereocenters. The molecule has 0 radical (unpaired) electrons. The second kappa shape index (κ2) is 4.63. The van der Waals surface area contributed by atoms with Crippen LogP contribution in [0.5, 0.6) is 0 Å². The zero-order valence-electron chi connectivity index (χ0n) is 10.8. The second-order valence-corrected chi connectivity index (χ2v) is 5.09. The molecule has 0 spiro atoms. The van der Waals surface area contributed by atoms with Gasteiger partial charge in [0.1, 0.15) is 6.04 Å². The number of fused-ring (bicyclic) bond motifs is 1. The van der Waals surface area contributed by atoms with Crippen LogP contribution in [0.2, 0.25) is 0 Å². The number of nitrogens with one attached hydrogen (secondary N) is 1. The molecule has 6 nitrogen and oxygen atoms in total. The molecule has 2 aliphatic rings. The fourth-order valence-corrected chi connectivity index (χ4v) is 2.79. The highest BCUT2D eigenvalue weighted by molar-refractivity contribution is 6.02. The summed E-state index contributed by atoms with van der Waals surface area (Å²) < 4.78 is 0. The van der Waals surface area contributed by atoms with Gasteiger partial charge in [-0.05, 0) is 36.6 Å². The molecule has 1 saturated heterocycles. The van der Waals surface area contributed by atoms with Crippen LogP contribution in [-0.4, -0.2) is 40.4 Å². The molecule has 0 unspecified atom stereocenters. The van der Waals surface area contributed by atoms with Crippen molar-refractivity contribution in [2.75, 3.05) is 11.9 Å². The Morgan fingerprint density at radius 2 is 2.15 bits per heavy atom.